The molecule has 2 N–H and O–H groups in total. The SMILES string of the molecule is CC1Cc2cc(C(N)c3c(F)cccc3F)ccc2O1. The second-order valence-corrected chi connectivity index (χ2v) is 5.11. The molecule has 2 atom stereocenters. The Hall–Kier alpha value is -1.94. The Morgan fingerprint density at radius 3 is 2.60 bits per heavy atom. The van der Waals surface area contributed by atoms with Gasteiger partial charge in [-0.25, -0.2) is 8.78 Å². The summed E-state index contributed by atoms with van der Waals surface area (Å²) in [6.07, 6.45) is 0.914. The van der Waals surface area contributed by atoms with Crippen LogP contribution in [0.15, 0.2) is 36.4 Å². The van der Waals surface area contributed by atoms with Crippen LogP contribution in [0.25, 0.3) is 0 Å². The molecule has 0 aliphatic carbocycles. The smallest absolute Gasteiger partial charge is 0.131 e. The zero-order chi connectivity index (χ0) is 14.3. The van der Waals surface area contributed by atoms with E-state index in [9.17, 15) is 8.78 Å². The molecule has 1 aliphatic heterocycles. The highest BCUT2D eigenvalue weighted by molar-refractivity contribution is 5.44. The van der Waals surface area contributed by atoms with Gasteiger partial charge in [-0.1, -0.05) is 18.2 Å². The first-order valence-corrected chi connectivity index (χ1v) is 6.55. The summed E-state index contributed by atoms with van der Waals surface area (Å²) < 4.78 is 33.2. The average Bonchev–Trinajstić information content (AvgIpc) is 2.77. The molecule has 2 unspecified atom stereocenters. The maximum absolute atomic E-state index is 13.8. The van der Waals surface area contributed by atoms with Gasteiger partial charge in [0.15, 0.2) is 0 Å². The van der Waals surface area contributed by atoms with Crippen LogP contribution in [-0.2, 0) is 6.42 Å². The first-order chi connectivity index (χ1) is 9.56. The summed E-state index contributed by atoms with van der Waals surface area (Å²) >= 11 is 0. The normalized spacial score (nSPS) is 18.5. The van der Waals surface area contributed by atoms with Crippen molar-refractivity contribution in [2.75, 3.05) is 0 Å². The Kier molecular flexibility index (Phi) is 3.18. The van der Waals surface area contributed by atoms with Gasteiger partial charge in [0.25, 0.3) is 0 Å². The molecule has 0 saturated heterocycles. The molecular formula is C16H15F2NO. The topological polar surface area (TPSA) is 35.2 Å². The molecule has 20 heavy (non-hydrogen) atoms. The lowest BCUT2D eigenvalue weighted by atomic mass is 9.96. The lowest BCUT2D eigenvalue weighted by Gasteiger charge is -2.15. The molecule has 0 saturated carbocycles. The van der Waals surface area contributed by atoms with Gasteiger partial charge in [-0.05, 0) is 36.2 Å². The van der Waals surface area contributed by atoms with E-state index in [0.29, 0.717) is 5.56 Å². The quantitative estimate of drug-likeness (QED) is 0.912. The third kappa shape index (κ3) is 2.16. The average molecular weight is 275 g/mol. The molecule has 104 valence electrons. The summed E-state index contributed by atoms with van der Waals surface area (Å²) in [5.74, 6) is -0.423. The fraction of sp³-hybridized carbons (Fsp3) is 0.250. The Morgan fingerprint density at radius 2 is 1.90 bits per heavy atom. The standard InChI is InChI=1S/C16H15F2NO/c1-9-7-11-8-10(5-6-14(11)20-9)16(19)15-12(17)3-2-4-13(15)18/h2-6,8-9,16H,7,19H2,1H3. The van der Waals surface area contributed by atoms with Crippen molar-refractivity contribution in [3.8, 4) is 5.75 Å². The van der Waals surface area contributed by atoms with Gasteiger partial charge in [0.05, 0.1) is 6.04 Å². The van der Waals surface area contributed by atoms with Crippen molar-refractivity contribution >= 4 is 0 Å². The van der Waals surface area contributed by atoms with Crippen molar-refractivity contribution in [3.63, 3.8) is 0 Å². The minimum atomic E-state index is -0.822. The Bertz CT molecular complexity index is 637. The number of nitrogens with two attached hydrogens (primary N) is 1. The Morgan fingerprint density at radius 1 is 1.20 bits per heavy atom. The molecule has 0 aromatic heterocycles. The zero-order valence-corrected chi connectivity index (χ0v) is 11.1. The molecule has 2 aromatic rings. The van der Waals surface area contributed by atoms with Gasteiger partial charge < -0.3 is 10.5 Å². The van der Waals surface area contributed by atoms with Crippen molar-refractivity contribution in [1.82, 2.24) is 0 Å². The van der Waals surface area contributed by atoms with Gasteiger partial charge >= 0.3 is 0 Å². The highest BCUT2D eigenvalue weighted by atomic mass is 19.1. The van der Waals surface area contributed by atoms with Gasteiger partial charge in [-0.15, -0.1) is 0 Å². The molecule has 1 aliphatic rings. The number of halogens is 2. The van der Waals surface area contributed by atoms with Crippen molar-refractivity contribution in [2.45, 2.75) is 25.5 Å². The van der Waals surface area contributed by atoms with Crippen LogP contribution < -0.4 is 10.5 Å². The van der Waals surface area contributed by atoms with Crippen molar-refractivity contribution in [2.24, 2.45) is 5.73 Å². The molecule has 2 aromatic carbocycles. The third-order valence-electron chi connectivity index (χ3n) is 3.59. The van der Waals surface area contributed by atoms with Gasteiger partial charge in [-0.3, -0.25) is 0 Å². The predicted octanol–water partition coefficient (Wildman–Crippen LogP) is 3.34. The van der Waals surface area contributed by atoms with Crippen LogP contribution in [0.3, 0.4) is 0 Å². The summed E-state index contributed by atoms with van der Waals surface area (Å²) in [4.78, 5) is 0. The second kappa shape index (κ2) is 4.87. The van der Waals surface area contributed by atoms with E-state index in [0.717, 1.165) is 17.7 Å². The van der Waals surface area contributed by atoms with E-state index in [4.69, 9.17) is 10.5 Å². The minimum Gasteiger partial charge on any atom is -0.490 e. The molecule has 0 fully saturated rings. The molecule has 3 rings (SSSR count). The fourth-order valence-corrected chi connectivity index (χ4v) is 2.61. The highest BCUT2D eigenvalue weighted by Gasteiger charge is 2.23. The summed E-state index contributed by atoms with van der Waals surface area (Å²) in [5.41, 5.74) is 7.64. The number of fused-ring (bicyclic) bond motifs is 1. The lowest BCUT2D eigenvalue weighted by molar-refractivity contribution is 0.254. The molecule has 0 spiro atoms. The van der Waals surface area contributed by atoms with Crippen LogP contribution in [-0.4, -0.2) is 6.10 Å². The number of ether oxygens (including phenoxy) is 1. The summed E-state index contributed by atoms with van der Waals surface area (Å²) in [5, 5.41) is 0. The summed E-state index contributed by atoms with van der Waals surface area (Å²) in [7, 11) is 0. The van der Waals surface area contributed by atoms with Crippen LogP contribution in [0, 0.1) is 11.6 Å². The third-order valence-corrected chi connectivity index (χ3v) is 3.59. The van der Waals surface area contributed by atoms with E-state index in [1.54, 1.807) is 6.07 Å². The monoisotopic (exact) mass is 275 g/mol. The van der Waals surface area contributed by atoms with Gasteiger partial charge in [-0.2, -0.15) is 0 Å². The molecule has 2 nitrogen and oxygen atoms in total. The van der Waals surface area contributed by atoms with Crippen LogP contribution in [0.4, 0.5) is 8.78 Å². The van der Waals surface area contributed by atoms with E-state index in [1.165, 1.54) is 18.2 Å². The first kappa shape index (κ1) is 13.1. The van der Waals surface area contributed by atoms with E-state index < -0.39 is 17.7 Å². The van der Waals surface area contributed by atoms with Crippen molar-refractivity contribution in [3.05, 3.63) is 64.7 Å². The Labute approximate surface area is 116 Å². The molecule has 0 amide bonds. The van der Waals surface area contributed by atoms with Crippen LogP contribution in [0.5, 0.6) is 5.75 Å². The maximum atomic E-state index is 13.8. The highest BCUT2D eigenvalue weighted by Crippen LogP contribution is 2.33. The van der Waals surface area contributed by atoms with E-state index in [1.807, 2.05) is 19.1 Å². The summed E-state index contributed by atoms with van der Waals surface area (Å²) in [6, 6.07) is 8.39. The van der Waals surface area contributed by atoms with E-state index in [-0.39, 0.29) is 11.7 Å². The summed E-state index contributed by atoms with van der Waals surface area (Å²) in [6.45, 7) is 1.98. The lowest BCUT2D eigenvalue weighted by Crippen LogP contribution is -2.15. The predicted molar refractivity (Wildman–Crippen MR) is 72.6 cm³/mol. The molecule has 1 heterocycles. The van der Waals surface area contributed by atoms with Crippen LogP contribution >= 0.6 is 0 Å². The minimum absolute atomic E-state index is 0.0978. The van der Waals surface area contributed by atoms with Gasteiger partial charge in [0.1, 0.15) is 23.5 Å². The number of hydrogen-bond donors (Lipinski definition) is 1. The number of benzene rings is 2. The Balaban J connectivity index is 2.00. The molecule has 0 bridgehead atoms. The largest absolute Gasteiger partial charge is 0.490 e. The second-order valence-electron chi connectivity index (χ2n) is 5.11. The maximum Gasteiger partial charge on any atom is 0.131 e. The molecule has 0 radical (unpaired) electrons. The van der Waals surface area contributed by atoms with E-state index in [2.05, 4.69) is 0 Å². The van der Waals surface area contributed by atoms with Crippen LogP contribution in [0.1, 0.15) is 29.7 Å². The zero-order valence-electron chi connectivity index (χ0n) is 11.1. The van der Waals surface area contributed by atoms with Gasteiger partial charge in [0.2, 0.25) is 0 Å². The number of rotatable bonds is 2. The molecular weight excluding hydrogens is 260 g/mol. The number of hydrogen-bond acceptors (Lipinski definition) is 2. The fourth-order valence-electron chi connectivity index (χ4n) is 2.61. The van der Waals surface area contributed by atoms with Gasteiger partial charge in [0, 0.05) is 12.0 Å². The van der Waals surface area contributed by atoms with Crippen molar-refractivity contribution in [1.29, 1.82) is 0 Å². The molecule has 4 heteroatoms. The van der Waals surface area contributed by atoms with Crippen molar-refractivity contribution < 1.29 is 13.5 Å². The first-order valence-electron chi connectivity index (χ1n) is 6.55. The van der Waals surface area contributed by atoms with Crippen LogP contribution in [0.2, 0.25) is 0 Å². The van der Waals surface area contributed by atoms with E-state index >= 15 is 0 Å².